The first kappa shape index (κ1) is 15.9. The van der Waals surface area contributed by atoms with Crippen molar-refractivity contribution in [3.63, 3.8) is 0 Å². The highest BCUT2D eigenvalue weighted by Gasteiger charge is 2.34. The molecule has 1 aromatic rings. The summed E-state index contributed by atoms with van der Waals surface area (Å²) in [4.78, 5) is 0. The van der Waals surface area contributed by atoms with Crippen LogP contribution in [-0.4, -0.2) is 6.61 Å². The Balaban J connectivity index is 3.15. The Bertz CT molecular complexity index is 491. The van der Waals surface area contributed by atoms with Crippen LogP contribution in [0, 0.1) is 5.21 Å². The molecule has 0 N–H and O–H groups in total. The van der Waals surface area contributed by atoms with E-state index in [-0.39, 0.29) is 15.6 Å². The Morgan fingerprint density at radius 3 is 2.63 bits per heavy atom. The van der Waals surface area contributed by atoms with Crippen LogP contribution in [0.5, 0.6) is 5.75 Å². The number of benzene rings is 1. The van der Waals surface area contributed by atoms with Crippen molar-refractivity contribution in [2.75, 3.05) is 9.88 Å². The van der Waals surface area contributed by atoms with Crippen molar-refractivity contribution in [1.29, 1.82) is 0 Å². The minimum atomic E-state index is -4.72. The molecule has 0 spiro atoms. The Hall–Kier alpha value is -1.16. The fourth-order valence-corrected chi connectivity index (χ4v) is 1.86. The number of hydrogen-bond acceptors (Lipinski definition) is 3. The topological polar surface area (TPSA) is 52.6 Å². The van der Waals surface area contributed by atoms with Crippen molar-refractivity contribution in [2.45, 2.75) is 13.1 Å². The van der Waals surface area contributed by atoms with Gasteiger partial charge in [0.25, 0.3) is 21.5 Å². The molecule has 0 saturated carbocycles. The van der Waals surface area contributed by atoms with E-state index in [0.29, 0.717) is 11.6 Å². The molecule has 0 atom stereocenters. The second-order valence-electron chi connectivity index (χ2n) is 3.74. The van der Waals surface area contributed by atoms with Crippen LogP contribution in [0.3, 0.4) is 0 Å². The van der Waals surface area contributed by atoms with Crippen LogP contribution in [0.2, 0.25) is 0 Å². The van der Waals surface area contributed by atoms with Crippen molar-refractivity contribution in [1.82, 2.24) is 0 Å². The summed E-state index contributed by atoms with van der Waals surface area (Å²) in [5.74, 6) is -0.0310. The second kappa shape index (κ2) is 6.33. The number of anilines is 1. The minimum absolute atomic E-state index is 0.0310. The molecule has 0 amide bonds. The summed E-state index contributed by atoms with van der Waals surface area (Å²) in [6.45, 7) is 5.30. The number of rotatable bonds is 5. The van der Waals surface area contributed by atoms with Gasteiger partial charge in [-0.05, 0) is 30.7 Å². The number of alkyl halides is 3. The van der Waals surface area contributed by atoms with Crippen molar-refractivity contribution in [3.8, 4) is 5.75 Å². The number of halogens is 4. The first-order valence-corrected chi connectivity index (χ1v) is 6.83. The molecule has 4 nitrogen and oxygen atoms in total. The lowest BCUT2D eigenvalue weighted by molar-refractivity contribution is -0.137. The van der Waals surface area contributed by atoms with Crippen molar-refractivity contribution < 1.29 is 21.0 Å². The highest BCUT2D eigenvalue weighted by molar-refractivity contribution is 14.1. The summed E-state index contributed by atoms with van der Waals surface area (Å²) in [6.07, 6.45) is -4.72. The van der Waals surface area contributed by atoms with Gasteiger partial charge in [-0.25, -0.2) is 3.07 Å². The van der Waals surface area contributed by atoms with Crippen LogP contribution < -0.4 is 8.01 Å². The molecular weight excluding hydrogens is 378 g/mol. The number of nitrogens with zero attached hydrogens (tertiary/aromatic N) is 1. The first-order valence-electron chi connectivity index (χ1n) is 4.98. The van der Waals surface area contributed by atoms with Crippen molar-refractivity contribution >= 4 is 27.2 Å². The highest BCUT2D eigenvalue weighted by atomic mass is 127. The molecule has 0 saturated heterocycles. The third kappa shape index (κ3) is 4.46. The van der Waals surface area contributed by atoms with E-state index < -0.39 is 38.9 Å². The third-order valence-corrected chi connectivity index (χ3v) is 2.89. The van der Waals surface area contributed by atoms with Crippen LogP contribution in [0.25, 0.3) is 0 Å². The zero-order valence-electron chi connectivity index (χ0n) is 9.83. The van der Waals surface area contributed by atoms with Gasteiger partial charge in [0.1, 0.15) is 12.4 Å². The standard InChI is InChI=1S/C11H10F3INO3/c1-7(2)6-19-8-3-4-10(16(18)15-17)9(5-8)11(12,13)14/h3-5H,1,6H2,2H3/q-1. The highest BCUT2D eigenvalue weighted by Crippen LogP contribution is 2.40. The maximum absolute atomic E-state index is 12.8. The lowest BCUT2D eigenvalue weighted by Gasteiger charge is -2.25. The summed E-state index contributed by atoms with van der Waals surface area (Å²) in [5.41, 5.74) is -1.19. The van der Waals surface area contributed by atoms with E-state index in [2.05, 4.69) is 6.58 Å². The van der Waals surface area contributed by atoms with Gasteiger partial charge in [0.05, 0.1) is 5.56 Å². The van der Waals surface area contributed by atoms with Crippen molar-refractivity contribution in [3.05, 3.63) is 41.1 Å². The summed E-state index contributed by atoms with van der Waals surface area (Å²) in [5, 5.41) is 11.2. The maximum atomic E-state index is 12.8. The zero-order chi connectivity index (χ0) is 14.6. The summed E-state index contributed by atoms with van der Waals surface area (Å²) in [6, 6.07) is 2.88. The Labute approximate surface area is 118 Å². The number of ether oxygens (including phenoxy) is 1. The molecule has 0 aromatic heterocycles. The summed E-state index contributed by atoms with van der Waals surface area (Å²) < 4.78 is 53.8. The molecule has 8 heteroatoms. The maximum Gasteiger partial charge on any atom is 0.418 e. The Kier molecular flexibility index (Phi) is 5.29. The molecule has 106 valence electrons. The lowest BCUT2D eigenvalue weighted by atomic mass is 10.1. The Morgan fingerprint density at radius 2 is 2.16 bits per heavy atom. The molecular formula is C11H10F3INO3-. The average molecular weight is 388 g/mol. The molecule has 0 bridgehead atoms. The Morgan fingerprint density at radius 1 is 1.53 bits per heavy atom. The molecule has 0 unspecified atom stereocenters. The van der Waals surface area contributed by atoms with Gasteiger partial charge < -0.3 is 13.2 Å². The SMILES string of the molecule is C=C(C)COc1ccc(N([O-])I=O)c(C(F)(F)F)c1. The van der Waals surface area contributed by atoms with Gasteiger partial charge in [-0.2, -0.15) is 13.2 Å². The molecule has 1 aromatic carbocycles. The van der Waals surface area contributed by atoms with Gasteiger partial charge in [-0.15, -0.1) is 0 Å². The van der Waals surface area contributed by atoms with E-state index in [1.807, 2.05) is 0 Å². The minimum Gasteiger partial charge on any atom is -0.748 e. The van der Waals surface area contributed by atoms with E-state index in [4.69, 9.17) is 4.74 Å². The fraction of sp³-hybridized carbons (Fsp3) is 0.273. The van der Waals surface area contributed by atoms with E-state index in [0.717, 1.165) is 6.07 Å². The first-order chi connectivity index (χ1) is 8.75. The van der Waals surface area contributed by atoms with Crippen LogP contribution in [0.15, 0.2) is 30.4 Å². The van der Waals surface area contributed by atoms with Gasteiger partial charge >= 0.3 is 6.18 Å². The third-order valence-electron chi connectivity index (χ3n) is 2.01. The predicted octanol–water partition coefficient (Wildman–Crippen LogP) is 4.20. The fourth-order valence-electron chi connectivity index (χ4n) is 1.23. The van der Waals surface area contributed by atoms with E-state index in [1.54, 1.807) is 6.92 Å². The van der Waals surface area contributed by atoms with Gasteiger partial charge in [-0.3, -0.25) is 0 Å². The average Bonchev–Trinajstić information content (AvgIpc) is 2.34. The van der Waals surface area contributed by atoms with Crippen LogP contribution in [0.1, 0.15) is 12.5 Å². The monoisotopic (exact) mass is 388 g/mol. The van der Waals surface area contributed by atoms with Crippen LogP contribution in [0.4, 0.5) is 18.9 Å². The predicted molar refractivity (Wildman–Crippen MR) is 72.3 cm³/mol. The quantitative estimate of drug-likeness (QED) is 0.329. The smallest absolute Gasteiger partial charge is 0.418 e. The molecule has 0 aliphatic carbocycles. The van der Waals surface area contributed by atoms with E-state index in [9.17, 15) is 21.4 Å². The molecule has 0 radical (unpaired) electrons. The van der Waals surface area contributed by atoms with Crippen LogP contribution in [-0.2, 0) is 9.25 Å². The number of hydrogen-bond donors (Lipinski definition) is 0. The lowest BCUT2D eigenvalue weighted by Crippen LogP contribution is -2.12. The van der Waals surface area contributed by atoms with Gasteiger partial charge in [0.15, 0.2) is 0 Å². The summed E-state index contributed by atoms with van der Waals surface area (Å²) in [7, 11) is 0. The molecule has 0 aliphatic rings. The molecule has 0 fully saturated rings. The molecule has 0 aliphatic heterocycles. The van der Waals surface area contributed by atoms with Gasteiger partial charge in [0, 0.05) is 5.69 Å². The van der Waals surface area contributed by atoms with Crippen molar-refractivity contribution in [2.24, 2.45) is 0 Å². The molecule has 1 rings (SSSR count). The van der Waals surface area contributed by atoms with E-state index >= 15 is 0 Å². The van der Waals surface area contributed by atoms with Gasteiger partial charge in [-0.1, -0.05) is 6.58 Å². The second-order valence-corrected chi connectivity index (χ2v) is 5.01. The zero-order valence-corrected chi connectivity index (χ0v) is 12.0. The largest absolute Gasteiger partial charge is 0.748 e. The normalized spacial score (nSPS) is 11.2. The van der Waals surface area contributed by atoms with Gasteiger partial charge in [0.2, 0.25) is 0 Å². The van der Waals surface area contributed by atoms with Crippen LogP contribution >= 0.6 is 21.5 Å². The molecule has 19 heavy (non-hydrogen) atoms. The summed E-state index contributed by atoms with van der Waals surface area (Å²) >= 11 is -2.26. The molecule has 0 heterocycles. The van der Waals surface area contributed by atoms with E-state index in [1.165, 1.54) is 6.07 Å².